The Labute approximate surface area is 127 Å². The van der Waals surface area contributed by atoms with Gasteiger partial charge in [-0.1, -0.05) is 22.0 Å². The highest BCUT2D eigenvalue weighted by atomic mass is 79.9. The van der Waals surface area contributed by atoms with Crippen molar-refractivity contribution in [2.45, 2.75) is 19.4 Å². The molecule has 1 aliphatic rings. The minimum atomic E-state index is -2.99. The Kier molecular flexibility index (Phi) is 4.39. The zero-order valence-corrected chi connectivity index (χ0v) is 13.8. The zero-order valence-electron chi connectivity index (χ0n) is 11.4. The predicted molar refractivity (Wildman–Crippen MR) is 82.7 cm³/mol. The maximum Gasteiger partial charge on any atom is 0.321 e. The average Bonchev–Trinajstić information content (AvgIpc) is 2.73. The molecular weight excluding hydrogens is 344 g/mol. The van der Waals surface area contributed by atoms with Gasteiger partial charge < -0.3 is 10.2 Å². The maximum absolute atomic E-state index is 12.2. The summed E-state index contributed by atoms with van der Waals surface area (Å²) in [5.41, 5.74) is 1.67. The minimum Gasteiger partial charge on any atom is -0.324 e. The van der Waals surface area contributed by atoms with Crippen LogP contribution in [-0.2, 0) is 9.84 Å². The monoisotopic (exact) mass is 360 g/mol. The number of hydrogen-bond donors (Lipinski definition) is 1. The van der Waals surface area contributed by atoms with Gasteiger partial charge in [0.1, 0.15) is 0 Å². The highest BCUT2D eigenvalue weighted by Gasteiger charge is 2.32. The molecule has 7 heteroatoms. The molecule has 1 aliphatic heterocycles. The van der Waals surface area contributed by atoms with Gasteiger partial charge in [-0.3, -0.25) is 0 Å². The minimum absolute atomic E-state index is 0.0500. The van der Waals surface area contributed by atoms with Crippen LogP contribution >= 0.6 is 15.9 Å². The van der Waals surface area contributed by atoms with Crippen LogP contribution in [0.3, 0.4) is 0 Å². The Morgan fingerprint density at radius 3 is 2.75 bits per heavy atom. The largest absolute Gasteiger partial charge is 0.324 e. The number of amides is 2. The van der Waals surface area contributed by atoms with Gasteiger partial charge in [-0.15, -0.1) is 0 Å². The summed E-state index contributed by atoms with van der Waals surface area (Å²) in [4.78, 5) is 13.7. The standard InChI is InChI=1S/C13H17BrN2O3S/c1-9-3-4-10(14)7-12(9)15-13(17)16(2)11-5-6-20(18,19)8-11/h3-4,7,11H,5-6,8H2,1-2H3,(H,15,17). The van der Waals surface area contributed by atoms with Crippen molar-refractivity contribution in [2.75, 3.05) is 23.9 Å². The highest BCUT2D eigenvalue weighted by Crippen LogP contribution is 2.22. The summed E-state index contributed by atoms with van der Waals surface area (Å²) in [7, 11) is -1.36. The summed E-state index contributed by atoms with van der Waals surface area (Å²) in [6.45, 7) is 1.90. The highest BCUT2D eigenvalue weighted by molar-refractivity contribution is 9.10. The van der Waals surface area contributed by atoms with Gasteiger partial charge in [0.2, 0.25) is 0 Å². The van der Waals surface area contributed by atoms with E-state index in [2.05, 4.69) is 21.2 Å². The smallest absolute Gasteiger partial charge is 0.321 e. The van der Waals surface area contributed by atoms with Crippen LogP contribution in [0.1, 0.15) is 12.0 Å². The molecule has 0 aliphatic carbocycles. The van der Waals surface area contributed by atoms with Gasteiger partial charge in [-0.2, -0.15) is 0 Å². The number of sulfone groups is 1. The van der Waals surface area contributed by atoms with Gasteiger partial charge in [0.05, 0.1) is 11.5 Å². The summed E-state index contributed by atoms with van der Waals surface area (Å²) in [6.07, 6.45) is 0.504. The number of nitrogens with one attached hydrogen (secondary N) is 1. The molecular formula is C13H17BrN2O3S. The molecule has 1 unspecified atom stereocenters. The van der Waals surface area contributed by atoms with E-state index in [0.29, 0.717) is 6.42 Å². The third-order valence-corrected chi connectivity index (χ3v) is 5.76. The van der Waals surface area contributed by atoms with Crippen LogP contribution in [-0.4, -0.2) is 43.9 Å². The number of hydrogen-bond acceptors (Lipinski definition) is 3. The lowest BCUT2D eigenvalue weighted by atomic mass is 10.2. The van der Waals surface area contributed by atoms with Crippen molar-refractivity contribution in [1.82, 2.24) is 4.90 Å². The van der Waals surface area contributed by atoms with Crippen LogP contribution in [0.2, 0.25) is 0 Å². The molecule has 1 N–H and O–H groups in total. The first-order valence-corrected chi connectivity index (χ1v) is 8.90. The lowest BCUT2D eigenvalue weighted by Gasteiger charge is -2.24. The predicted octanol–water partition coefficient (Wildman–Crippen LogP) is 2.41. The second kappa shape index (κ2) is 5.73. The Balaban J connectivity index is 2.06. The van der Waals surface area contributed by atoms with Crippen LogP contribution < -0.4 is 5.32 Å². The molecule has 20 heavy (non-hydrogen) atoms. The van der Waals surface area contributed by atoms with Crippen LogP contribution in [0.5, 0.6) is 0 Å². The molecule has 0 spiro atoms. The van der Waals surface area contributed by atoms with Crippen LogP contribution in [0.4, 0.5) is 10.5 Å². The maximum atomic E-state index is 12.2. The molecule has 2 amide bonds. The normalized spacial score (nSPS) is 20.6. The number of benzene rings is 1. The Morgan fingerprint density at radius 2 is 2.15 bits per heavy atom. The lowest BCUT2D eigenvalue weighted by Crippen LogP contribution is -2.40. The van der Waals surface area contributed by atoms with E-state index >= 15 is 0 Å². The average molecular weight is 361 g/mol. The van der Waals surface area contributed by atoms with E-state index in [1.165, 1.54) is 4.90 Å². The molecule has 0 bridgehead atoms. The van der Waals surface area contributed by atoms with Gasteiger partial charge in [-0.25, -0.2) is 13.2 Å². The molecule has 1 heterocycles. The first-order chi connectivity index (χ1) is 9.28. The molecule has 1 saturated heterocycles. The summed E-state index contributed by atoms with van der Waals surface area (Å²) in [6, 6.07) is 5.10. The molecule has 2 rings (SSSR count). The van der Waals surface area contributed by atoms with Crippen molar-refractivity contribution in [3.63, 3.8) is 0 Å². The lowest BCUT2D eigenvalue weighted by molar-refractivity contribution is 0.209. The second-order valence-electron chi connectivity index (χ2n) is 5.06. The second-order valence-corrected chi connectivity index (χ2v) is 8.20. The fraction of sp³-hybridized carbons (Fsp3) is 0.462. The summed E-state index contributed by atoms with van der Waals surface area (Å²) in [5.74, 6) is 0.208. The molecule has 5 nitrogen and oxygen atoms in total. The van der Waals surface area contributed by atoms with Crippen molar-refractivity contribution >= 4 is 37.5 Å². The Hall–Kier alpha value is -1.08. The van der Waals surface area contributed by atoms with Crippen molar-refractivity contribution in [1.29, 1.82) is 0 Å². The van der Waals surface area contributed by atoms with Gasteiger partial charge in [0.25, 0.3) is 0 Å². The molecule has 110 valence electrons. The molecule has 1 aromatic carbocycles. The van der Waals surface area contributed by atoms with Gasteiger partial charge in [0, 0.05) is 23.2 Å². The van der Waals surface area contributed by atoms with Gasteiger partial charge in [-0.05, 0) is 31.0 Å². The summed E-state index contributed by atoms with van der Waals surface area (Å²) in [5, 5.41) is 2.82. The number of aryl methyl sites for hydroxylation is 1. The Bertz CT molecular complexity index is 631. The van der Waals surface area contributed by atoms with E-state index in [1.54, 1.807) is 7.05 Å². The molecule has 0 aromatic heterocycles. The van der Waals surface area contributed by atoms with Crippen molar-refractivity contribution in [3.05, 3.63) is 28.2 Å². The van der Waals surface area contributed by atoms with Gasteiger partial charge in [0.15, 0.2) is 9.84 Å². The van der Waals surface area contributed by atoms with Crippen LogP contribution in [0.25, 0.3) is 0 Å². The third-order valence-electron chi connectivity index (χ3n) is 3.52. The Morgan fingerprint density at radius 1 is 1.45 bits per heavy atom. The molecule has 1 fully saturated rings. The van der Waals surface area contributed by atoms with E-state index in [0.717, 1.165) is 15.7 Å². The van der Waals surface area contributed by atoms with E-state index in [9.17, 15) is 13.2 Å². The summed E-state index contributed by atoms with van der Waals surface area (Å²) < 4.78 is 23.8. The number of carbonyl (C=O) groups is 1. The zero-order chi connectivity index (χ0) is 14.9. The fourth-order valence-electron chi connectivity index (χ4n) is 2.18. The first-order valence-electron chi connectivity index (χ1n) is 6.29. The third kappa shape index (κ3) is 3.52. The van der Waals surface area contributed by atoms with E-state index in [-0.39, 0.29) is 23.6 Å². The van der Waals surface area contributed by atoms with Crippen LogP contribution in [0.15, 0.2) is 22.7 Å². The van der Waals surface area contributed by atoms with Gasteiger partial charge >= 0.3 is 6.03 Å². The molecule has 0 radical (unpaired) electrons. The SMILES string of the molecule is Cc1ccc(Br)cc1NC(=O)N(C)C1CCS(=O)(=O)C1. The van der Waals surface area contributed by atoms with Crippen LogP contribution in [0, 0.1) is 6.92 Å². The number of nitrogens with zero attached hydrogens (tertiary/aromatic N) is 1. The van der Waals surface area contributed by atoms with E-state index in [4.69, 9.17) is 0 Å². The number of urea groups is 1. The van der Waals surface area contributed by atoms with Crippen molar-refractivity contribution in [3.8, 4) is 0 Å². The number of rotatable bonds is 2. The topological polar surface area (TPSA) is 66.5 Å². The fourth-order valence-corrected chi connectivity index (χ4v) is 4.31. The number of anilines is 1. The molecule has 1 atom stereocenters. The summed E-state index contributed by atoms with van der Waals surface area (Å²) >= 11 is 3.36. The quantitative estimate of drug-likeness (QED) is 0.880. The first kappa shape index (κ1) is 15.3. The number of halogens is 1. The molecule has 1 aromatic rings. The van der Waals surface area contributed by atoms with Crippen molar-refractivity contribution < 1.29 is 13.2 Å². The van der Waals surface area contributed by atoms with Crippen molar-refractivity contribution in [2.24, 2.45) is 0 Å². The number of carbonyl (C=O) groups excluding carboxylic acids is 1. The van der Waals surface area contributed by atoms with E-state index < -0.39 is 9.84 Å². The van der Waals surface area contributed by atoms with E-state index in [1.807, 2.05) is 25.1 Å². The molecule has 0 saturated carbocycles.